The molecule has 2 aromatic carbocycles. The molecule has 5 heteroatoms. The van der Waals surface area contributed by atoms with Crippen molar-refractivity contribution in [3.05, 3.63) is 70.8 Å². The van der Waals surface area contributed by atoms with Crippen LogP contribution in [0.15, 0.2) is 48.5 Å². The number of nitriles is 1. The van der Waals surface area contributed by atoms with Gasteiger partial charge < -0.3 is 10.4 Å². The van der Waals surface area contributed by atoms with Crippen molar-refractivity contribution in [3.63, 3.8) is 0 Å². The van der Waals surface area contributed by atoms with E-state index in [1.807, 2.05) is 6.07 Å². The topological polar surface area (TPSA) is 90.2 Å². The molecule has 0 radical (unpaired) electrons. The zero-order valence-corrected chi connectivity index (χ0v) is 11.0. The van der Waals surface area contributed by atoms with Crippen LogP contribution in [-0.4, -0.2) is 17.0 Å². The summed E-state index contributed by atoms with van der Waals surface area (Å²) in [5.41, 5.74) is 1.46. The lowest BCUT2D eigenvalue weighted by Gasteiger charge is -2.07. The summed E-state index contributed by atoms with van der Waals surface area (Å²) in [7, 11) is 0. The number of nitrogens with zero attached hydrogens (tertiary/aromatic N) is 1. The largest absolute Gasteiger partial charge is 0.478 e. The molecule has 0 aliphatic carbocycles. The Bertz CT molecular complexity index is 715. The van der Waals surface area contributed by atoms with Crippen molar-refractivity contribution >= 4 is 11.9 Å². The third kappa shape index (κ3) is 3.45. The first-order valence-corrected chi connectivity index (χ1v) is 6.21. The first-order valence-electron chi connectivity index (χ1n) is 6.21. The van der Waals surface area contributed by atoms with E-state index in [2.05, 4.69) is 5.32 Å². The van der Waals surface area contributed by atoms with E-state index in [9.17, 15) is 9.59 Å². The average molecular weight is 280 g/mol. The van der Waals surface area contributed by atoms with E-state index in [0.717, 1.165) is 5.56 Å². The molecule has 0 saturated heterocycles. The highest BCUT2D eigenvalue weighted by Crippen LogP contribution is 2.09. The second-order valence-corrected chi connectivity index (χ2v) is 4.34. The van der Waals surface area contributed by atoms with Crippen LogP contribution >= 0.6 is 0 Å². The van der Waals surface area contributed by atoms with Gasteiger partial charge in [0.25, 0.3) is 5.91 Å². The molecule has 0 spiro atoms. The molecule has 2 rings (SSSR count). The Morgan fingerprint density at radius 1 is 1.05 bits per heavy atom. The number of amides is 1. The van der Waals surface area contributed by atoms with Gasteiger partial charge in [-0.15, -0.1) is 0 Å². The summed E-state index contributed by atoms with van der Waals surface area (Å²) in [5.74, 6) is -1.59. The molecular formula is C16H12N2O3. The Kier molecular flexibility index (Phi) is 4.32. The molecule has 0 aromatic heterocycles. The van der Waals surface area contributed by atoms with Crippen LogP contribution in [0.2, 0.25) is 0 Å². The first kappa shape index (κ1) is 14.3. The number of aromatic carboxylic acids is 1. The van der Waals surface area contributed by atoms with E-state index in [-0.39, 0.29) is 17.7 Å². The van der Waals surface area contributed by atoms with Crippen LogP contribution in [0.1, 0.15) is 31.8 Å². The minimum absolute atomic E-state index is 0.0326. The standard InChI is InChI=1S/C16H12N2O3/c17-9-11-5-7-12(8-6-11)10-18-15(19)13-3-1-2-4-14(13)16(20)21/h1-8H,10H2,(H,18,19)(H,20,21). The maximum Gasteiger partial charge on any atom is 0.336 e. The summed E-state index contributed by atoms with van der Waals surface area (Å²) in [5, 5.41) is 20.4. The molecule has 0 heterocycles. The average Bonchev–Trinajstić information content (AvgIpc) is 2.53. The quantitative estimate of drug-likeness (QED) is 0.898. The van der Waals surface area contributed by atoms with Crippen molar-refractivity contribution in [2.45, 2.75) is 6.54 Å². The normalized spacial score (nSPS) is 9.67. The lowest BCUT2D eigenvalue weighted by molar-refractivity contribution is 0.0691. The Hall–Kier alpha value is -3.13. The molecule has 104 valence electrons. The van der Waals surface area contributed by atoms with Gasteiger partial charge in [0.15, 0.2) is 0 Å². The van der Waals surface area contributed by atoms with Crippen LogP contribution in [0, 0.1) is 11.3 Å². The molecule has 0 aliphatic heterocycles. The number of rotatable bonds is 4. The first-order chi connectivity index (χ1) is 10.1. The van der Waals surface area contributed by atoms with Crippen molar-refractivity contribution in [3.8, 4) is 6.07 Å². The van der Waals surface area contributed by atoms with Gasteiger partial charge in [-0.1, -0.05) is 24.3 Å². The molecule has 0 atom stereocenters. The molecule has 1 amide bonds. The van der Waals surface area contributed by atoms with Crippen LogP contribution in [0.5, 0.6) is 0 Å². The Labute approximate surface area is 121 Å². The summed E-state index contributed by atoms with van der Waals surface area (Å²) in [6.45, 7) is 0.262. The maximum absolute atomic E-state index is 12.0. The minimum atomic E-state index is -1.14. The van der Waals surface area contributed by atoms with Gasteiger partial charge in [-0.05, 0) is 29.8 Å². The molecule has 2 N–H and O–H groups in total. The second-order valence-electron chi connectivity index (χ2n) is 4.34. The fourth-order valence-corrected chi connectivity index (χ4v) is 1.84. The van der Waals surface area contributed by atoms with Crippen molar-refractivity contribution in [1.29, 1.82) is 5.26 Å². The van der Waals surface area contributed by atoms with Gasteiger partial charge in [0.2, 0.25) is 0 Å². The molecule has 0 fully saturated rings. The van der Waals surface area contributed by atoms with Crippen molar-refractivity contribution in [1.82, 2.24) is 5.32 Å². The summed E-state index contributed by atoms with van der Waals surface area (Å²) < 4.78 is 0. The molecule has 0 bridgehead atoms. The molecule has 0 unspecified atom stereocenters. The highest BCUT2D eigenvalue weighted by molar-refractivity contribution is 6.04. The van der Waals surface area contributed by atoms with Crippen LogP contribution in [0.4, 0.5) is 0 Å². The highest BCUT2D eigenvalue weighted by Gasteiger charge is 2.15. The summed E-state index contributed by atoms with van der Waals surface area (Å²) in [6, 6.07) is 14.8. The lowest BCUT2D eigenvalue weighted by Crippen LogP contribution is -2.24. The molecule has 21 heavy (non-hydrogen) atoms. The Balaban J connectivity index is 2.08. The van der Waals surface area contributed by atoms with Gasteiger partial charge in [-0.2, -0.15) is 5.26 Å². The Morgan fingerprint density at radius 3 is 2.24 bits per heavy atom. The number of nitrogens with one attached hydrogen (secondary N) is 1. The molecule has 0 aliphatic rings. The summed E-state index contributed by atoms with van der Waals surface area (Å²) >= 11 is 0. The fourth-order valence-electron chi connectivity index (χ4n) is 1.84. The SMILES string of the molecule is N#Cc1ccc(CNC(=O)c2ccccc2C(=O)O)cc1. The van der Waals surface area contributed by atoms with Crippen LogP contribution in [-0.2, 0) is 6.54 Å². The zero-order chi connectivity index (χ0) is 15.2. The van der Waals surface area contributed by atoms with Gasteiger partial charge in [0.1, 0.15) is 0 Å². The van der Waals surface area contributed by atoms with Crippen LogP contribution in [0.25, 0.3) is 0 Å². The monoisotopic (exact) mass is 280 g/mol. The highest BCUT2D eigenvalue weighted by atomic mass is 16.4. The fraction of sp³-hybridized carbons (Fsp3) is 0.0625. The number of hydrogen-bond acceptors (Lipinski definition) is 3. The van der Waals surface area contributed by atoms with E-state index < -0.39 is 11.9 Å². The summed E-state index contributed by atoms with van der Waals surface area (Å²) in [4.78, 5) is 23.1. The van der Waals surface area contributed by atoms with Gasteiger partial charge in [-0.25, -0.2) is 4.79 Å². The lowest BCUT2D eigenvalue weighted by atomic mass is 10.1. The maximum atomic E-state index is 12.0. The van der Waals surface area contributed by atoms with E-state index in [4.69, 9.17) is 10.4 Å². The van der Waals surface area contributed by atoms with Gasteiger partial charge >= 0.3 is 5.97 Å². The van der Waals surface area contributed by atoms with Gasteiger partial charge in [0, 0.05) is 6.54 Å². The number of carboxylic acid groups (broad SMARTS) is 1. The third-order valence-electron chi connectivity index (χ3n) is 2.94. The molecule has 2 aromatic rings. The predicted octanol–water partition coefficient (Wildman–Crippen LogP) is 2.19. The van der Waals surface area contributed by atoms with Gasteiger partial charge in [0.05, 0.1) is 22.8 Å². The van der Waals surface area contributed by atoms with E-state index in [0.29, 0.717) is 5.56 Å². The third-order valence-corrected chi connectivity index (χ3v) is 2.94. The summed E-state index contributed by atoms with van der Waals surface area (Å²) in [6.07, 6.45) is 0. The number of carboxylic acids is 1. The van der Waals surface area contributed by atoms with Crippen molar-refractivity contribution in [2.75, 3.05) is 0 Å². The van der Waals surface area contributed by atoms with E-state index >= 15 is 0 Å². The molecule has 5 nitrogen and oxygen atoms in total. The predicted molar refractivity (Wildman–Crippen MR) is 75.7 cm³/mol. The number of carbonyl (C=O) groups excluding carboxylic acids is 1. The van der Waals surface area contributed by atoms with Crippen LogP contribution in [0.3, 0.4) is 0 Å². The second kappa shape index (κ2) is 6.35. The molecule has 0 saturated carbocycles. The number of hydrogen-bond donors (Lipinski definition) is 2. The van der Waals surface area contributed by atoms with Crippen molar-refractivity contribution < 1.29 is 14.7 Å². The van der Waals surface area contributed by atoms with E-state index in [1.165, 1.54) is 12.1 Å². The molecular weight excluding hydrogens is 268 g/mol. The number of benzene rings is 2. The van der Waals surface area contributed by atoms with Crippen molar-refractivity contribution in [2.24, 2.45) is 0 Å². The smallest absolute Gasteiger partial charge is 0.336 e. The van der Waals surface area contributed by atoms with E-state index in [1.54, 1.807) is 36.4 Å². The zero-order valence-electron chi connectivity index (χ0n) is 11.0. The van der Waals surface area contributed by atoms with Crippen LogP contribution < -0.4 is 5.32 Å². The number of carbonyl (C=O) groups is 2. The van der Waals surface area contributed by atoms with Gasteiger partial charge in [-0.3, -0.25) is 4.79 Å². The minimum Gasteiger partial charge on any atom is -0.478 e. The Morgan fingerprint density at radius 2 is 1.67 bits per heavy atom.